The Kier molecular flexibility index (Phi) is 6.50. The van der Waals surface area contributed by atoms with Crippen LogP contribution in [-0.2, 0) is 0 Å². The summed E-state index contributed by atoms with van der Waals surface area (Å²) in [6.07, 6.45) is -0.366. The van der Waals surface area contributed by atoms with Gasteiger partial charge in [0.25, 0.3) is 0 Å². The van der Waals surface area contributed by atoms with Crippen molar-refractivity contribution in [2.75, 3.05) is 0 Å². The van der Waals surface area contributed by atoms with Crippen LogP contribution in [0.5, 0.6) is 17.4 Å². The van der Waals surface area contributed by atoms with Gasteiger partial charge in [0.15, 0.2) is 11.5 Å². The molecule has 7 heteroatoms. The lowest BCUT2D eigenvalue weighted by Crippen LogP contribution is -2.36. The van der Waals surface area contributed by atoms with Gasteiger partial charge >= 0.3 is 7.12 Å². The summed E-state index contributed by atoms with van der Waals surface area (Å²) in [5, 5.41) is 19.3. The summed E-state index contributed by atoms with van der Waals surface area (Å²) in [7, 11) is -1.78. The summed E-state index contributed by atoms with van der Waals surface area (Å²) < 4.78 is 17.2. The molecule has 0 aliphatic carbocycles. The highest BCUT2D eigenvalue weighted by molar-refractivity contribution is 6.58. The van der Waals surface area contributed by atoms with E-state index in [-0.39, 0.29) is 29.7 Å². The average molecular weight is 311 g/mol. The van der Waals surface area contributed by atoms with Gasteiger partial charge in [-0.3, -0.25) is 0 Å². The highest BCUT2D eigenvalue weighted by Crippen LogP contribution is 2.35. The average Bonchev–Trinajstić information content (AvgIpc) is 2.35. The van der Waals surface area contributed by atoms with Crippen molar-refractivity contribution in [2.24, 2.45) is 0 Å². The molecule has 0 amide bonds. The first kappa shape index (κ1) is 18.6. The van der Waals surface area contributed by atoms with E-state index in [1.54, 1.807) is 0 Å². The molecule has 2 N–H and O–H groups in total. The van der Waals surface area contributed by atoms with Crippen molar-refractivity contribution in [1.29, 1.82) is 0 Å². The van der Waals surface area contributed by atoms with Crippen LogP contribution in [0, 0.1) is 6.92 Å². The third-order valence-electron chi connectivity index (χ3n) is 2.62. The molecule has 0 saturated carbocycles. The molecule has 0 fully saturated rings. The number of hydrogen-bond donors (Lipinski definition) is 2. The predicted octanol–water partition coefficient (Wildman–Crippen LogP) is 1.43. The summed E-state index contributed by atoms with van der Waals surface area (Å²) in [6.45, 7) is 13.0. The van der Waals surface area contributed by atoms with Gasteiger partial charge in [0.1, 0.15) is 5.59 Å². The summed E-state index contributed by atoms with van der Waals surface area (Å²) in [5.41, 5.74) is 0.660. The van der Waals surface area contributed by atoms with Crippen LogP contribution in [0.1, 0.15) is 47.1 Å². The zero-order valence-corrected chi connectivity index (χ0v) is 14.4. The van der Waals surface area contributed by atoms with Crippen molar-refractivity contribution in [3.8, 4) is 17.4 Å². The second-order valence-corrected chi connectivity index (χ2v) is 5.96. The lowest BCUT2D eigenvalue weighted by Gasteiger charge is -2.23. The lowest BCUT2D eigenvalue weighted by molar-refractivity contribution is 0.191. The molecule has 1 rings (SSSR count). The summed E-state index contributed by atoms with van der Waals surface area (Å²) >= 11 is 0. The van der Waals surface area contributed by atoms with Gasteiger partial charge in [-0.25, -0.2) is 4.98 Å². The van der Waals surface area contributed by atoms with E-state index in [9.17, 15) is 10.0 Å². The summed E-state index contributed by atoms with van der Waals surface area (Å²) in [6, 6.07) is 0. The Balaban J connectivity index is 3.52. The lowest BCUT2D eigenvalue weighted by atomic mass is 9.84. The van der Waals surface area contributed by atoms with Gasteiger partial charge < -0.3 is 24.3 Å². The normalized spacial score (nSPS) is 11.3. The number of hydrogen-bond acceptors (Lipinski definition) is 6. The Hall–Kier alpha value is -1.47. The van der Waals surface area contributed by atoms with E-state index in [0.717, 1.165) is 0 Å². The minimum atomic E-state index is -1.78. The fraction of sp³-hybridized carbons (Fsp3) is 0.667. The molecule has 1 heterocycles. The largest absolute Gasteiger partial charge is 0.512 e. The second kappa shape index (κ2) is 7.69. The van der Waals surface area contributed by atoms with Crippen molar-refractivity contribution in [3.63, 3.8) is 0 Å². The zero-order chi connectivity index (χ0) is 17.0. The van der Waals surface area contributed by atoms with Crippen molar-refractivity contribution >= 4 is 12.7 Å². The van der Waals surface area contributed by atoms with Crippen LogP contribution in [0.2, 0.25) is 0 Å². The number of aromatic nitrogens is 1. The Morgan fingerprint density at radius 3 is 1.68 bits per heavy atom. The third kappa shape index (κ3) is 4.78. The van der Waals surface area contributed by atoms with Gasteiger partial charge in [0.05, 0.1) is 23.9 Å². The highest BCUT2D eigenvalue weighted by Gasteiger charge is 2.29. The zero-order valence-electron chi connectivity index (χ0n) is 14.4. The van der Waals surface area contributed by atoms with E-state index < -0.39 is 7.12 Å². The van der Waals surface area contributed by atoms with Gasteiger partial charge in [-0.2, -0.15) is 0 Å². The van der Waals surface area contributed by atoms with Gasteiger partial charge in [0.2, 0.25) is 5.88 Å². The smallest absolute Gasteiger partial charge is 0.487 e. The van der Waals surface area contributed by atoms with Crippen LogP contribution >= 0.6 is 0 Å². The van der Waals surface area contributed by atoms with Gasteiger partial charge in [-0.05, 0) is 48.5 Å². The minimum Gasteiger partial charge on any atom is -0.487 e. The maximum atomic E-state index is 9.63. The summed E-state index contributed by atoms with van der Waals surface area (Å²) in [5.74, 6) is 0.981. The van der Waals surface area contributed by atoms with Crippen molar-refractivity contribution in [1.82, 2.24) is 4.98 Å². The SMILES string of the molecule is Cc1c(OC(C)C)nc(B(O)O)c(OC(C)C)c1OC(C)C. The third-order valence-corrected chi connectivity index (χ3v) is 2.62. The predicted molar refractivity (Wildman–Crippen MR) is 86.1 cm³/mol. The maximum absolute atomic E-state index is 9.63. The molecule has 0 aliphatic heterocycles. The van der Waals surface area contributed by atoms with E-state index in [0.29, 0.717) is 17.2 Å². The maximum Gasteiger partial charge on any atom is 0.512 e. The Labute approximate surface area is 132 Å². The molecule has 0 radical (unpaired) electrons. The Morgan fingerprint density at radius 1 is 0.818 bits per heavy atom. The summed E-state index contributed by atoms with van der Waals surface area (Å²) in [4.78, 5) is 4.21. The molecule has 0 spiro atoms. The molecule has 0 aliphatic rings. The van der Waals surface area contributed by atoms with E-state index in [1.165, 1.54) is 0 Å². The van der Waals surface area contributed by atoms with Crippen LogP contribution in [-0.4, -0.2) is 40.5 Å². The molecule has 0 saturated heterocycles. The number of rotatable bonds is 7. The molecule has 0 unspecified atom stereocenters. The molecule has 1 aromatic rings. The standard InChI is InChI=1S/C15H26BNO5/c1-8(2)20-12-11(7)15(22-10(5)6)17-14(16(18)19)13(12)21-9(3)4/h8-10,18-19H,1-7H3. The molecule has 22 heavy (non-hydrogen) atoms. The molecule has 0 bridgehead atoms. The Bertz CT molecular complexity index is 503. The van der Waals surface area contributed by atoms with Gasteiger partial charge in [-0.15, -0.1) is 0 Å². The molecule has 6 nitrogen and oxygen atoms in total. The van der Waals surface area contributed by atoms with Crippen LogP contribution < -0.4 is 19.8 Å². The monoisotopic (exact) mass is 311 g/mol. The van der Waals surface area contributed by atoms with E-state index in [4.69, 9.17) is 14.2 Å². The highest BCUT2D eigenvalue weighted by atomic mass is 16.5. The first-order chi connectivity index (χ1) is 10.1. The molecule has 0 aromatic carbocycles. The number of pyridine rings is 1. The van der Waals surface area contributed by atoms with Crippen LogP contribution in [0.4, 0.5) is 0 Å². The fourth-order valence-electron chi connectivity index (χ4n) is 1.87. The molecular weight excluding hydrogens is 285 g/mol. The Morgan fingerprint density at radius 2 is 1.27 bits per heavy atom. The quantitative estimate of drug-likeness (QED) is 0.742. The van der Waals surface area contributed by atoms with Crippen molar-refractivity contribution in [2.45, 2.75) is 66.8 Å². The molecule has 1 aromatic heterocycles. The van der Waals surface area contributed by atoms with Crippen LogP contribution in [0.25, 0.3) is 0 Å². The molecule has 124 valence electrons. The first-order valence-corrected chi connectivity index (χ1v) is 7.54. The number of ether oxygens (including phenoxy) is 3. The fourth-order valence-corrected chi connectivity index (χ4v) is 1.87. The van der Waals surface area contributed by atoms with Gasteiger partial charge in [-0.1, -0.05) is 0 Å². The molecular formula is C15H26BNO5. The van der Waals surface area contributed by atoms with Crippen LogP contribution in [0.3, 0.4) is 0 Å². The van der Waals surface area contributed by atoms with Crippen molar-refractivity contribution in [3.05, 3.63) is 5.56 Å². The first-order valence-electron chi connectivity index (χ1n) is 7.54. The number of nitrogens with zero attached hydrogens (tertiary/aromatic N) is 1. The second-order valence-electron chi connectivity index (χ2n) is 5.96. The van der Waals surface area contributed by atoms with Crippen LogP contribution in [0.15, 0.2) is 0 Å². The topological polar surface area (TPSA) is 81.0 Å². The van der Waals surface area contributed by atoms with E-state index in [2.05, 4.69) is 4.98 Å². The van der Waals surface area contributed by atoms with Gasteiger partial charge in [0, 0.05) is 0 Å². The van der Waals surface area contributed by atoms with Crippen molar-refractivity contribution < 1.29 is 24.3 Å². The minimum absolute atomic E-state index is 0.00870. The van der Waals surface area contributed by atoms with E-state index >= 15 is 0 Å². The molecule has 0 atom stereocenters. The van der Waals surface area contributed by atoms with E-state index in [1.807, 2.05) is 48.5 Å².